The minimum atomic E-state index is -0.519. The van der Waals surface area contributed by atoms with Gasteiger partial charge in [-0.05, 0) is 54.6 Å². The first-order valence-corrected chi connectivity index (χ1v) is 8.80. The van der Waals surface area contributed by atoms with Crippen LogP contribution < -0.4 is 24.3 Å². The summed E-state index contributed by atoms with van der Waals surface area (Å²) in [7, 11) is 1.51. The van der Waals surface area contributed by atoms with Crippen LogP contribution in [0.3, 0.4) is 0 Å². The van der Waals surface area contributed by atoms with E-state index < -0.39 is 5.97 Å². The molecule has 3 aromatic rings. The number of para-hydroxylation sites is 1. The van der Waals surface area contributed by atoms with Crippen molar-refractivity contribution in [3.63, 3.8) is 0 Å². The number of esters is 1. The molecule has 4 rings (SSSR count). The van der Waals surface area contributed by atoms with Crippen LogP contribution in [0.25, 0.3) is 0 Å². The van der Waals surface area contributed by atoms with E-state index in [1.165, 1.54) is 7.11 Å². The lowest BCUT2D eigenvalue weighted by Gasteiger charge is -2.10. The number of anilines is 1. The highest BCUT2D eigenvalue weighted by Crippen LogP contribution is 2.32. The van der Waals surface area contributed by atoms with Gasteiger partial charge in [-0.15, -0.1) is 0 Å². The summed E-state index contributed by atoms with van der Waals surface area (Å²) in [4.78, 5) is 24.8. The maximum Gasteiger partial charge on any atom is 0.343 e. The van der Waals surface area contributed by atoms with E-state index in [1.807, 2.05) is 0 Å². The van der Waals surface area contributed by atoms with Gasteiger partial charge in [-0.1, -0.05) is 12.1 Å². The van der Waals surface area contributed by atoms with Crippen LogP contribution in [-0.2, 0) is 0 Å². The standard InChI is InChI=1S/C22H17NO6/c1-26-18-5-3-2-4-17(18)21(24)23-15-7-9-16(10-8-15)29-22(25)14-6-11-19-20(12-14)28-13-27-19/h2-12H,13H2,1H3,(H,23,24). The second-order valence-corrected chi connectivity index (χ2v) is 6.14. The number of carbonyl (C=O) groups is 2. The molecule has 0 saturated heterocycles. The van der Waals surface area contributed by atoms with Gasteiger partial charge in [0.2, 0.25) is 6.79 Å². The van der Waals surface area contributed by atoms with Crippen LogP contribution in [0.5, 0.6) is 23.0 Å². The Kier molecular flexibility index (Phi) is 5.03. The van der Waals surface area contributed by atoms with E-state index in [4.69, 9.17) is 18.9 Å². The third-order valence-electron chi connectivity index (χ3n) is 4.28. The Morgan fingerprint density at radius 2 is 1.69 bits per heavy atom. The zero-order valence-electron chi connectivity index (χ0n) is 15.5. The van der Waals surface area contributed by atoms with Gasteiger partial charge in [0, 0.05) is 5.69 Å². The first-order valence-electron chi connectivity index (χ1n) is 8.80. The van der Waals surface area contributed by atoms with Crippen molar-refractivity contribution in [2.45, 2.75) is 0 Å². The highest BCUT2D eigenvalue weighted by molar-refractivity contribution is 6.06. The van der Waals surface area contributed by atoms with Gasteiger partial charge < -0.3 is 24.3 Å². The Hall–Kier alpha value is -4.00. The van der Waals surface area contributed by atoms with Crippen LogP contribution in [0, 0.1) is 0 Å². The maximum absolute atomic E-state index is 12.4. The summed E-state index contributed by atoms with van der Waals surface area (Å²) in [5.74, 6) is 1.12. The van der Waals surface area contributed by atoms with Gasteiger partial charge in [0.25, 0.3) is 5.91 Å². The van der Waals surface area contributed by atoms with Crippen LogP contribution in [0.15, 0.2) is 66.7 Å². The number of hydrogen-bond donors (Lipinski definition) is 1. The Balaban J connectivity index is 1.41. The van der Waals surface area contributed by atoms with Crippen LogP contribution in [0.2, 0.25) is 0 Å². The molecule has 0 unspecified atom stereocenters. The Labute approximate surface area is 166 Å². The predicted molar refractivity (Wildman–Crippen MR) is 105 cm³/mol. The van der Waals surface area contributed by atoms with Crippen molar-refractivity contribution in [3.8, 4) is 23.0 Å². The molecule has 0 radical (unpaired) electrons. The number of nitrogens with one attached hydrogen (secondary N) is 1. The van der Waals surface area contributed by atoms with Gasteiger partial charge in [0.15, 0.2) is 11.5 Å². The highest BCUT2D eigenvalue weighted by Gasteiger charge is 2.17. The normalized spacial score (nSPS) is 11.6. The van der Waals surface area contributed by atoms with Crippen LogP contribution in [-0.4, -0.2) is 25.8 Å². The smallest absolute Gasteiger partial charge is 0.343 e. The molecule has 0 spiro atoms. The number of rotatable bonds is 5. The van der Waals surface area contributed by atoms with Crippen molar-refractivity contribution in [1.82, 2.24) is 0 Å². The number of carbonyl (C=O) groups excluding carboxylic acids is 2. The molecule has 0 fully saturated rings. The summed E-state index contributed by atoms with van der Waals surface area (Å²) >= 11 is 0. The first kappa shape index (κ1) is 18.4. The van der Waals surface area contributed by atoms with Crippen molar-refractivity contribution in [1.29, 1.82) is 0 Å². The van der Waals surface area contributed by atoms with Crippen molar-refractivity contribution >= 4 is 17.6 Å². The van der Waals surface area contributed by atoms with Gasteiger partial charge in [0.05, 0.1) is 18.2 Å². The SMILES string of the molecule is COc1ccccc1C(=O)Nc1ccc(OC(=O)c2ccc3c(c2)OCO3)cc1. The lowest BCUT2D eigenvalue weighted by atomic mass is 10.2. The van der Waals surface area contributed by atoms with Crippen LogP contribution in [0.1, 0.15) is 20.7 Å². The average molecular weight is 391 g/mol. The summed E-state index contributed by atoms with van der Waals surface area (Å²) in [5.41, 5.74) is 1.33. The molecule has 7 nitrogen and oxygen atoms in total. The number of fused-ring (bicyclic) bond motifs is 1. The summed E-state index contributed by atoms with van der Waals surface area (Å²) in [5, 5.41) is 2.78. The minimum absolute atomic E-state index is 0.135. The van der Waals surface area contributed by atoms with E-state index in [1.54, 1.807) is 66.7 Å². The third-order valence-corrected chi connectivity index (χ3v) is 4.28. The van der Waals surface area contributed by atoms with Gasteiger partial charge >= 0.3 is 5.97 Å². The molecule has 1 aliphatic rings. The van der Waals surface area contributed by atoms with Gasteiger partial charge in [-0.25, -0.2) is 4.79 Å². The number of methoxy groups -OCH3 is 1. The summed E-state index contributed by atoms with van der Waals surface area (Å²) in [6.07, 6.45) is 0. The van der Waals surface area contributed by atoms with E-state index in [-0.39, 0.29) is 12.7 Å². The molecule has 7 heteroatoms. The zero-order valence-corrected chi connectivity index (χ0v) is 15.5. The van der Waals surface area contributed by atoms with Crippen molar-refractivity contribution in [3.05, 3.63) is 77.9 Å². The Morgan fingerprint density at radius 3 is 2.48 bits per heavy atom. The van der Waals surface area contributed by atoms with Crippen LogP contribution in [0.4, 0.5) is 5.69 Å². The Bertz CT molecular complexity index is 1060. The van der Waals surface area contributed by atoms with E-state index in [9.17, 15) is 9.59 Å². The van der Waals surface area contributed by atoms with E-state index in [0.717, 1.165) is 0 Å². The summed E-state index contributed by atoms with van der Waals surface area (Å²) < 4.78 is 21.1. The fraction of sp³-hybridized carbons (Fsp3) is 0.0909. The fourth-order valence-electron chi connectivity index (χ4n) is 2.83. The molecule has 0 saturated carbocycles. The fourth-order valence-corrected chi connectivity index (χ4v) is 2.83. The number of benzene rings is 3. The van der Waals surface area contributed by atoms with E-state index in [2.05, 4.69) is 5.32 Å². The number of ether oxygens (including phenoxy) is 4. The quantitative estimate of drug-likeness (QED) is 0.525. The minimum Gasteiger partial charge on any atom is -0.496 e. The lowest BCUT2D eigenvalue weighted by molar-refractivity contribution is 0.0734. The largest absolute Gasteiger partial charge is 0.496 e. The molecule has 3 aromatic carbocycles. The molecule has 146 valence electrons. The summed E-state index contributed by atoms with van der Waals surface area (Å²) in [6.45, 7) is 0.135. The van der Waals surface area contributed by atoms with Crippen molar-refractivity contribution in [2.75, 3.05) is 19.2 Å². The van der Waals surface area contributed by atoms with Crippen molar-refractivity contribution in [2.24, 2.45) is 0 Å². The van der Waals surface area contributed by atoms with Crippen molar-refractivity contribution < 1.29 is 28.5 Å². The molecule has 0 bridgehead atoms. The maximum atomic E-state index is 12.4. The molecule has 1 amide bonds. The third kappa shape index (κ3) is 3.98. The van der Waals surface area contributed by atoms with Crippen LogP contribution >= 0.6 is 0 Å². The molecule has 29 heavy (non-hydrogen) atoms. The van der Waals surface area contributed by atoms with E-state index in [0.29, 0.717) is 39.8 Å². The average Bonchev–Trinajstić information content (AvgIpc) is 3.23. The highest BCUT2D eigenvalue weighted by atomic mass is 16.7. The molecule has 1 N–H and O–H groups in total. The predicted octanol–water partition coefficient (Wildman–Crippen LogP) is 3.90. The number of hydrogen-bond acceptors (Lipinski definition) is 6. The van der Waals surface area contributed by atoms with E-state index >= 15 is 0 Å². The molecular formula is C22H17NO6. The Morgan fingerprint density at radius 1 is 0.931 bits per heavy atom. The molecule has 0 aliphatic carbocycles. The van der Waals surface area contributed by atoms with Gasteiger partial charge in [-0.3, -0.25) is 4.79 Å². The lowest BCUT2D eigenvalue weighted by Crippen LogP contribution is -2.13. The molecule has 1 heterocycles. The molecule has 0 atom stereocenters. The van der Waals surface area contributed by atoms with Gasteiger partial charge in [0.1, 0.15) is 11.5 Å². The number of amides is 1. The molecular weight excluding hydrogens is 374 g/mol. The zero-order chi connectivity index (χ0) is 20.2. The molecule has 0 aromatic heterocycles. The van der Waals surface area contributed by atoms with Gasteiger partial charge in [-0.2, -0.15) is 0 Å². The topological polar surface area (TPSA) is 83.1 Å². The monoisotopic (exact) mass is 391 g/mol. The second-order valence-electron chi connectivity index (χ2n) is 6.14. The summed E-state index contributed by atoms with van der Waals surface area (Å²) in [6, 6.07) is 18.3. The second kappa shape index (κ2) is 7.93. The first-order chi connectivity index (χ1) is 14.1. The molecule has 1 aliphatic heterocycles.